The first kappa shape index (κ1) is 16.0. The maximum absolute atomic E-state index is 13.3. The Morgan fingerprint density at radius 2 is 1.76 bits per heavy atom. The molecular formula is C15H12BrF4N. The van der Waals surface area contributed by atoms with Crippen LogP contribution in [-0.4, -0.2) is 0 Å². The lowest BCUT2D eigenvalue weighted by Crippen LogP contribution is -2.18. The van der Waals surface area contributed by atoms with Crippen molar-refractivity contribution in [1.82, 2.24) is 0 Å². The fourth-order valence-electron chi connectivity index (χ4n) is 2.09. The minimum atomic E-state index is -4.51. The van der Waals surface area contributed by atoms with E-state index >= 15 is 0 Å². The molecule has 1 atom stereocenters. The Labute approximate surface area is 127 Å². The van der Waals surface area contributed by atoms with Gasteiger partial charge in [0.2, 0.25) is 0 Å². The van der Waals surface area contributed by atoms with E-state index < -0.39 is 23.6 Å². The molecule has 0 aliphatic heterocycles. The zero-order valence-electron chi connectivity index (χ0n) is 11.0. The highest BCUT2D eigenvalue weighted by Gasteiger charge is 2.35. The van der Waals surface area contributed by atoms with Gasteiger partial charge >= 0.3 is 6.18 Å². The average Bonchev–Trinajstić information content (AvgIpc) is 2.40. The second-order valence-corrected chi connectivity index (χ2v) is 5.63. The van der Waals surface area contributed by atoms with Crippen molar-refractivity contribution in [2.45, 2.75) is 19.1 Å². The van der Waals surface area contributed by atoms with E-state index in [1.54, 1.807) is 0 Å². The molecule has 0 amide bonds. The van der Waals surface area contributed by atoms with Gasteiger partial charge in [0, 0.05) is 4.47 Å². The van der Waals surface area contributed by atoms with Gasteiger partial charge in [-0.2, -0.15) is 13.2 Å². The quantitative estimate of drug-likeness (QED) is 0.751. The first-order valence-electron chi connectivity index (χ1n) is 6.08. The van der Waals surface area contributed by atoms with Crippen molar-refractivity contribution in [3.63, 3.8) is 0 Å². The molecule has 0 aromatic heterocycles. The van der Waals surface area contributed by atoms with Crippen molar-refractivity contribution < 1.29 is 17.6 Å². The van der Waals surface area contributed by atoms with Gasteiger partial charge in [-0.3, -0.25) is 0 Å². The molecule has 2 aromatic rings. The van der Waals surface area contributed by atoms with Crippen LogP contribution in [-0.2, 0) is 6.18 Å². The molecule has 2 aromatic carbocycles. The zero-order valence-corrected chi connectivity index (χ0v) is 12.6. The first-order chi connectivity index (χ1) is 9.70. The third-order valence-electron chi connectivity index (χ3n) is 3.20. The van der Waals surface area contributed by atoms with E-state index in [1.165, 1.54) is 37.3 Å². The van der Waals surface area contributed by atoms with Crippen LogP contribution in [0, 0.1) is 12.7 Å². The molecule has 6 heteroatoms. The molecule has 0 bridgehead atoms. The van der Waals surface area contributed by atoms with Gasteiger partial charge in [0.1, 0.15) is 5.82 Å². The summed E-state index contributed by atoms with van der Waals surface area (Å²) in [6.07, 6.45) is -4.51. The highest BCUT2D eigenvalue weighted by Crippen LogP contribution is 2.37. The molecule has 0 heterocycles. The smallest absolute Gasteiger partial charge is 0.320 e. The summed E-state index contributed by atoms with van der Waals surface area (Å²) in [5, 5.41) is 0. The normalized spacial score (nSPS) is 13.3. The summed E-state index contributed by atoms with van der Waals surface area (Å²) in [7, 11) is 0. The first-order valence-corrected chi connectivity index (χ1v) is 6.87. The largest absolute Gasteiger partial charge is 0.416 e. The SMILES string of the molecule is Cc1cc(C(N)c2ccc(Br)cc2C(F)(F)F)ccc1F. The van der Waals surface area contributed by atoms with Crippen LogP contribution in [0.15, 0.2) is 40.9 Å². The monoisotopic (exact) mass is 361 g/mol. The summed E-state index contributed by atoms with van der Waals surface area (Å²) in [6, 6.07) is 6.91. The maximum atomic E-state index is 13.3. The maximum Gasteiger partial charge on any atom is 0.416 e. The average molecular weight is 362 g/mol. The van der Waals surface area contributed by atoms with E-state index in [9.17, 15) is 17.6 Å². The van der Waals surface area contributed by atoms with Crippen LogP contribution in [0.25, 0.3) is 0 Å². The number of benzene rings is 2. The van der Waals surface area contributed by atoms with E-state index in [0.717, 1.165) is 6.07 Å². The van der Waals surface area contributed by atoms with E-state index in [0.29, 0.717) is 15.6 Å². The molecule has 21 heavy (non-hydrogen) atoms. The van der Waals surface area contributed by atoms with Crippen LogP contribution in [0.2, 0.25) is 0 Å². The number of aryl methyl sites for hydroxylation is 1. The van der Waals surface area contributed by atoms with Gasteiger partial charge in [-0.25, -0.2) is 4.39 Å². The number of halogens is 5. The standard InChI is InChI=1S/C15H12BrF4N/c1-8-6-9(2-5-13(8)17)14(21)11-4-3-10(16)7-12(11)15(18,19)20/h2-7,14H,21H2,1H3. The molecule has 0 saturated heterocycles. The van der Waals surface area contributed by atoms with Gasteiger partial charge < -0.3 is 5.73 Å². The Morgan fingerprint density at radius 3 is 2.33 bits per heavy atom. The molecule has 1 nitrogen and oxygen atoms in total. The lowest BCUT2D eigenvalue weighted by atomic mass is 9.94. The number of hydrogen-bond donors (Lipinski definition) is 1. The molecule has 1 unspecified atom stereocenters. The van der Waals surface area contributed by atoms with Gasteiger partial charge in [0.05, 0.1) is 11.6 Å². The molecule has 2 N–H and O–H groups in total. The second kappa shape index (κ2) is 5.77. The highest BCUT2D eigenvalue weighted by molar-refractivity contribution is 9.10. The zero-order chi connectivity index (χ0) is 15.8. The molecule has 0 aliphatic carbocycles. The minimum Gasteiger partial charge on any atom is -0.320 e. The molecule has 112 valence electrons. The van der Waals surface area contributed by atoms with Crippen molar-refractivity contribution >= 4 is 15.9 Å². The summed E-state index contributed by atoms with van der Waals surface area (Å²) in [4.78, 5) is 0. The Hall–Kier alpha value is -1.40. The Morgan fingerprint density at radius 1 is 1.10 bits per heavy atom. The van der Waals surface area contributed by atoms with Gasteiger partial charge in [-0.15, -0.1) is 0 Å². The van der Waals surface area contributed by atoms with Crippen LogP contribution in [0.1, 0.15) is 28.3 Å². The number of nitrogens with two attached hydrogens (primary N) is 1. The summed E-state index contributed by atoms with van der Waals surface area (Å²) in [5.74, 6) is -0.419. The topological polar surface area (TPSA) is 26.0 Å². The second-order valence-electron chi connectivity index (χ2n) is 4.72. The molecule has 0 fully saturated rings. The van der Waals surface area contributed by atoms with Crippen LogP contribution >= 0.6 is 15.9 Å². The van der Waals surface area contributed by atoms with Crippen LogP contribution in [0.5, 0.6) is 0 Å². The third-order valence-corrected chi connectivity index (χ3v) is 3.69. The number of rotatable bonds is 2. The van der Waals surface area contributed by atoms with Crippen LogP contribution < -0.4 is 5.73 Å². The predicted octanol–water partition coefficient (Wildman–Crippen LogP) is 4.96. The van der Waals surface area contributed by atoms with Crippen molar-refractivity contribution in [1.29, 1.82) is 0 Å². The lowest BCUT2D eigenvalue weighted by Gasteiger charge is -2.19. The summed E-state index contributed by atoms with van der Waals surface area (Å²) in [5.41, 5.74) is 5.87. The van der Waals surface area contributed by atoms with Gasteiger partial charge in [0.25, 0.3) is 0 Å². The highest BCUT2D eigenvalue weighted by atomic mass is 79.9. The molecular weight excluding hydrogens is 350 g/mol. The van der Waals surface area contributed by atoms with Crippen molar-refractivity contribution in [3.05, 3.63) is 68.9 Å². The lowest BCUT2D eigenvalue weighted by molar-refractivity contribution is -0.138. The molecule has 0 aliphatic rings. The Balaban J connectivity index is 2.52. The van der Waals surface area contributed by atoms with Crippen molar-refractivity contribution in [2.75, 3.05) is 0 Å². The third kappa shape index (κ3) is 3.44. The fourth-order valence-corrected chi connectivity index (χ4v) is 2.45. The van der Waals surface area contributed by atoms with E-state index in [4.69, 9.17) is 5.73 Å². The molecule has 0 saturated carbocycles. The van der Waals surface area contributed by atoms with Gasteiger partial charge in [0.15, 0.2) is 0 Å². The van der Waals surface area contributed by atoms with Crippen LogP contribution in [0.3, 0.4) is 0 Å². The minimum absolute atomic E-state index is 0.0447. The summed E-state index contributed by atoms with van der Waals surface area (Å²) in [6.45, 7) is 1.54. The molecule has 0 radical (unpaired) electrons. The number of hydrogen-bond acceptors (Lipinski definition) is 1. The molecule has 0 spiro atoms. The van der Waals surface area contributed by atoms with Gasteiger partial charge in [-0.1, -0.05) is 34.1 Å². The molecule has 2 rings (SSSR count). The fraction of sp³-hybridized carbons (Fsp3) is 0.200. The Bertz CT molecular complexity index is 667. The summed E-state index contributed by atoms with van der Waals surface area (Å²) >= 11 is 3.02. The van der Waals surface area contributed by atoms with Crippen molar-refractivity contribution in [2.24, 2.45) is 5.73 Å². The van der Waals surface area contributed by atoms with Crippen LogP contribution in [0.4, 0.5) is 17.6 Å². The van der Waals surface area contributed by atoms with Crippen molar-refractivity contribution in [3.8, 4) is 0 Å². The predicted molar refractivity (Wildman–Crippen MR) is 76.3 cm³/mol. The number of alkyl halides is 3. The Kier molecular flexibility index (Phi) is 4.39. The summed E-state index contributed by atoms with van der Waals surface area (Å²) < 4.78 is 52.9. The van der Waals surface area contributed by atoms with E-state index in [2.05, 4.69) is 15.9 Å². The van der Waals surface area contributed by atoms with E-state index in [-0.39, 0.29) is 5.56 Å². The van der Waals surface area contributed by atoms with Gasteiger partial charge in [-0.05, 0) is 41.8 Å². The van der Waals surface area contributed by atoms with E-state index in [1.807, 2.05) is 0 Å².